The number of amides is 1. The summed E-state index contributed by atoms with van der Waals surface area (Å²) in [4.78, 5) is 23.7. The highest BCUT2D eigenvalue weighted by Gasteiger charge is 2.28. The number of fused-ring (bicyclic) bond motifs is 3. The lowest BCUT2D eigenvalue weighted by Gasteiger charge is -2.20. The monoisotopic (exact) mass is 445 g/mol. The van der Waals surface area contributed by atoms with Crippen molar-refractivity contribution in [1.29, 1.82) is 0 Å². The molecule has 1 amide bonds. The van der Waals surface area contributed by atoms with Gasteiger partial charge < -0.3 is 15.0 Å². The Balaban J connectivity index is 1.01. The van der Waals surface area contributed by atoms with E-state index >= 15 is 0 Å². The van der Waals surface area contributed by atoms with Gasteiger partial charge in [0.2, 0.25) is 11.9 Å². The summed E-state index contributed by atoms with van der Waals surface area (Å²) in [6.45, 7) is 1.58. The first-order chi connectivity index (χ1) is 16.2. The molecule has 3 aliphatic rings. The predicted molar refractivity (Wildman–Crippen MR) is 120 cm³/mol. The third kappa shape index (κ3) is 4.08. The van der Waals surface area contributed by atoms with Gasteiger partial charge in [-0.25, -0.2) is 9.97 Å². The van der Waals surface area contributed by atoms with Crippen molar-refractivity contribution in [3.63, 3.8) is 0 Å². The Kier molecular flexibility index (Phi) is 5.26. The number of hydrogen-bond donors (Lipinski definition) is 2. The summed E-state index contributed by atoms with van der Waals surface area (Å²) >= 11 is 0. The van der Waals surface area contributed by atoms with Gasteiger partial charge in [0.25, 0.3) is 0 Å². The molecule has 3 aromatic rings. The van der Waals surface area contributed by atoms with E-state index in [1.165, 1.54) is 11.1 Å². The number of rotatable bonds is 6. The molecule has 3 heterocycles. The number of benzene rings is 1. The molecule has 0 fully saturated rings. The number of aromatic nitrogens is 5. The zero-order chi connectivity index (χ0) is 22.2. The summed E-state index contributed by atoms with van der Waals surface area (Å²) in [6, 6.07) is 8.85. The topological polar surface area (TPSA) is 109 Å². The Hall–Kier alpha value is -3.33. The summed E-state index contributed by atoms with van der Waals surface area (Å²) in [5.41, 5.74) is 6.71. The van der Waals surface area contributed by atoms with Gasteiger partial charge in [-0.15, -0.1) is 0 Å². The number of aryl methyl sites for hydroxylation is 1. The highest BCUT2D eigenvalue weighted by Crippen LogP contribution is 2.29. The van der Waals surface area contributed by atoms with Crippen molar-refractivity contribution in [3.05, 3.63) is 64.2 Å². The zero-order valence-corrected chi connectivity index (χ0v) is 18.5. The number of carbonyl (C=O) groups excluding carboxylic acids is 1. The Morgan fingerprint density at radius 2 is 1.97 bits per heavy atom. The van der Waals surface area contributed by atoms with Crippen LogP contribution in [0.4, 0.5) is 5.95 Å². The van der Waals surface area contributed by atoms with Crippen LogP contribution in [0.5, 0.6) is 0 Å². The van der Waals surface area contributed by atoms with Gasteiger partial charge in [0, 0.05) is 30.3 Å². The van der Waals surface area contributed by atoms with E-state index in [1.807, 2.05) is 6.20 Å². The molecule has 2 N–H and O–H groups in total. The van der Waals surface area contributed by atoms with Crippen LogP contribution in [0.1, 0.15) is 52.5 Å². The van der Waals surface area contributed by atoms with Crippen LogP contribution in [0.2, 0.25) is 0 Å². The fraction of sp³-hybridized carbons (Fsp3) is 0.458. The number of nitrogens with zero attached hydrogens (tertiary/aromatic N) is 5. The van der Waals surface area contributed by atoms with Crippen LogP contribution in [0, 0.1) is 0 Å². The van der Waals surface area contributed by atoms with Crippen molar-refractivity contribution < 1.29 is 9.53 Å². The molecule has 0 saturated heterocycles. The Labute approximate surface area is 192 Å². The van der Waals surface area contributed by atoms with E-state index in [2.05, 4.69) is 50.0 Å². The fourth-order valence-electron chi connectivity index (χ4n) is 5.21. The quantitative estimate of drug-likeness (QED) is 0.598. The molecule has 9 heteroatoms. The molecular weight excluding hydrogens is 418 g/mol. The Morgan fingerprint density at radius 3 is 2.82 bits per heavy atom. The summed E-state index contributed by atoms with van der Waals surface area (Å²) in [5, 5.41) is 14.6. The molecule has 1 aromatic carbocycles. The van der Waals surface area contributed by atoms with Crippen molar-refractivity contribution in [2.75, 3.05) is 18.5 Å². The van der Waals surface area contributed by atoms with Gasteiger partial charge in [0.1, 0.15) is 6.61 Å². The van der Waals surface area contributed by atoms with Gasteiger partial charge in [0.15, 0.2) is 0 Å². The van der Waals surface area contributed by atoms with Crippen molar-refractivity contribution >= 4 is 11.9 Å². The molecule has 1 atom stereocenters. The maximum Gasteiger partial charge on any atom is 0.249 e. The molecule has 0 spiro atoms. The summed E-state index contributed by atoms with van der Waals surface area (Å²) in [7, 11) is 0. The maximum absolute atomic E-state index is 12.7. The van der Waals surface area contributed by atoms with Crippen LogP contribution in [-0.2, 0) is 41.9 Å². The first-order valence-electron chi connectivity index (χ1n) is 11.7. The largest absolute Gasteiger partial charge is 0.371 e. The van der Waals surface area contributed by atoms with Crippen molar-refractivity contribution in [1.82, 2.24) is 30.3 Å². The van der Waals surface area contributed by atoms with E-state index in [1.54, 1.807) is 4.90 Å². The van der Waals surface area contributed by atoms with Gasteiger partial charge in [-0.05, 0) is 43.2 Å². The number of anilines is 1. The molecule has 1 aliphatic heterocycles. The van der Waals surface area contributed by atoms with Crippen LogP contribution < -0.4 is 5.32 Å². The highest BCUT2D eigenvalue weighted by molar-refractivity contribution is 5.78. The molecule has 2 aliphatic carbocycles. The first kappa shape index (κ1) is 20.3. The third-order valence-electron chi connectivity index (χ3n) is 6.94. The standard InChI is InChI=1S/C24H27N7O2/c32-22(14-33-13-17-6-3-7-20-23(17)29-30-28-20)31-11-18-10-25-24(27-21(18)12-31)26-19-8-15-4-1-2-5-16(15)9-19/h1-2,4-5,10,17,19H,3,6-9,11-14H2,(H,25,26,27)(H,28,29,30). The summed E-state index contributed by atoms with van der Waals surface area (Å²) in [6.07, 6.45) is 6.85. The molecular formula is C24H27N7O2. The fourth-order valence-corrected chi connectivity index (χ4v) is 5.21. The normalized spacial score (nSPS) is 19.3. The van der Waals surface area contributed by atoms with Gasteiger partial charge in [-0.1, -0.05) is 24.3 Å². The Morgan fingerprint density at radius 1 is 1.12 bits per heavy atom. The van der Waals surface area contributed by atoms with Crippen molar-refractivity contribution in [2.45, 2.75) is 57.2 Å². The lowest BCUT2D eigenvalue weighted by Crippen LogP contribution is -2.30. The lowest BCUT2D eigenvalue weighted by atomic mass is 9.90. The molecule has 170 valence electrons. The van der Waals surface area contributed by atoms with Crippen molar-refractivity contribution in [3.8, 4) is 0 Å². The number of ether oxygens (including phenoxy) is 1. The SMILES string of the molecule is O=C(COCC1CCCc2n[nH]nc21)N1Cc2cnc(NC3Cc4ccccc4C3)nc2C1. The molecule has 0 bridgehead atoms. The second-order valence-corrected chi connectivity index (χ2v) is 9.19. The van der Waals surface area contributed by atoms with Crippen LogP contribution in [0.25, 0.3) is 0 Å². The van der Waals surface area contributed by atoms with Crippen LogP contribution in [0.15, 0.2) is 30.5 Å². The van der Waals surface area contributed by atoms with E-state index in [9.17, 15) is 4.79 Å². The minimum absolute atomic E-state index is 0.0232. The molecule has 1 unspecified atom stereocenters. The molecule has 33 heavy (non-hydrogen) atoms. The van der Waals surface area contributed by atoms with Crippen molar-refractivity contribution in [2.24, 2.45) is 0 Å². The second kappa shape index (κ2) is 8.55. The lowest BCUT2D eigenvalue weighted by molar-refractivity contribution is -0.137. The zero-order valence-electron chi connectivity index (χ0n) is 18.5. The maximum atomic E-state index is 12.7. The van der Waals surface area contributed by atoms with Crippen LogP contribution in [-0.4, -0.2) is 55.4 Å². The smallest absolute Gasteiger partial charge is 0.249 e. The average molecular weight is 446 g/mol. The number of hydrogen-bond acceptors (Lipinski definition) is 7. The summed E-state index contributed by atoms with van der Waals surface area (Å²) in [5.74, 6) is 0.819. The van der Waals surface area contributed by atoms with Gasteiger partial charge in [-0.3, -0.25) is 4.79 Å². The number of aromatic amines is 1. The predicted octanol–water partition coefficient (Wildman–Crippen LogP) is 2.15. The average Bonchev–Trinajstić information content (AvgIpc) is 3.56. The first-order valence-corrected chi connectivity index (χ1v) is 11.7. The summed E-state index contributed by atoms with van der Waals surface area (Å²) < 4.78 is 5.79. The molecule has 0 radical (unpaired) electrons. The third-order valence-corrected chi connectivity index (χ3v) is 6.94. The number of H-pyrrole nitrogens is 1. The minimum atomic E-state index is -0.0232. The van der Waals surface area contributed by atoms with E-state index in [-0.39, 0.29) is 18.4 Å². The second-order valence-electron chi connectivity index (χ2n) is 9.19. The van der Waals surface area contributed by atoms with E-state index in [4.69, 9.17) is 9.72 Å². The van der Waals surface area contributed by atoms with E-state index in [0.29, 0.717) is 31.7 Å². The van der Waals surface area contributed by atoms with E-state index < -0.39 is 0 Å². The molecule has 6 rings (SSSR count). The van der Waals surface area contributed by atoms with E-state index in [0.717, 1.165) is 54.7 Å². The number of nitrogens with one attached hydrogen (secondary N) is 2. The molecule has 0 saturated carbocycles. The van der Waals surface area contributed by atoms with Crippen LogP contribution >= 0.6 is 0 Å². The van der Waals surface area contributed by atoms with Gasteiger partial charge >= 0.3 is 0 Å². The molecule has 9 nitrogen and oxygen atoms in total. The molecule has 2 aromatic heterocycles. The van der Waals surface area contributed by atoms with Gasteiger partial charge in [-0.2, -0.15) is 15.4 Å². The van der Waals surface area contributed by atoms with Crippen LogP contribution in [0.3, 0.4) is 0 Å². The Bertz CT molecular complexity index is 1150. The van der Waals surface area contributed by atoms with Gasteiger partial charge in [0.05, 0.1) is 30.2 Å². The number of carbonyl (C=O) groups is 1. The minimum Gasteiger partial charge on any atom is -0.371 e. The highest BCUT2D eigenvalue weighted by atomic mass is 16.5.